The van der Waals surface area contributed by atoms with Gasteiger partial charge >= 0.3 is 0 Å². The summed E-state index contributed by atoms with van der Waals surface area (Å²) in [5.74, 6) is -0.614. The van der Waals surface area contributed by atoms with E-state index in [9.17, 15) is 9.18 Å². The fraction of sp³-hybridized carbons (Fsp3) is 0.462. The molecule has 1 amide bonds. The van der Waals surface area contributed by atoms with Crippen molar-refractivity contribution in [2.24, 2.45) is 0 Å². The maximum absolute atomic E-state index is 13.0. The van der Waals surface area contributed by atoms with E-state index in [2.05, 4.69) is 0 Å². The van der Waals surface area contributed by atoms with Crippen LogP contribution in [0.2, 0.25) is 0 Å². The van der Waals surface area contributed by atoms with E-state index in [1.54, 1.807) is 11.9 Å². The second-order valence-corrected chi connectivity index (χ2v) is 4.12. The fourth-order valence-corrected chi connectivity index (χ4v) is 1.88. The molecule has 0 aliphatic heterocycles. The van der Waals surface area contributed by atoms with Crippen molar-refractivity contribution in [3.63, 3.8) is 0 Å². The van der Waals surface area contributed by atoms with Gasteiger partial charge in [-0.25, -0.2) is 4.39 Å². The van der Waals surface area contributed by atoms with Crippen molar-refractivity contribution >= 4 is 11.6 Å². The highest BCUT2D eigenvalue weighted by atomic mass is 19.1. The predicted molar refractivity (Wildman–Crippen MR) is 67.3 cm³/mol. The lowest BCUT2D eigenvalue weighted by molar-refractivity contribution is 0.0723. The monoisotopic (exact) mass is 238 g/mol. The van der Waals surface area contributed by atoms with Gasteiger partial charge in [0.25, 0.3) is 5.91 Å². The Hall–Kier alpha value is -1.58. The molecule has 0 atom stereocenters. The molecular weight excluding hydrogens is 219 g/mol. The number of amides is 1. The highest BCUT2D eigenvalue weighted by molar-refractivity contribution is 5.95. The smallest absolute Gasteiger partial charge is 0.253 e. The van der Waals surface area contributed by atoms with E-state index in [4.69, 9.17) is 5.73 Å². The molecule has 4 heteroatoms. The van der Waals surface area contributed by atoms with Crippen LogP contribution in [0.25, 0.3) is 0 Å². The van der Waals surface area contributed by atoms with Crippen LogP contribution < -0.4 is 5.73 Å². The Labute approximate surface area is 101 Å². The molecule has 3 nitrogen and oxygen atoms in total. The molecule has 0 aromatic heterocycles. The largest absolute Gasteiger partial charge is 0.396 e. The number of carbonyl (C=O) groups is 1. The molecule has 0 spiro atoms. The van der Waals surface area contributed by atoms with Crippen LogP contribution >= 0.6 is 0 Å². The van der Waals surface area contributed by atoms with Crippen molar-refractivity contribution < 1.29 is 9.18 Å². The average Bonchev–Trinajstić information content (AvgIpc) is 2.33. The molecule has 1 rings (SSSR count). The lowest BCUT2D eigenvalue weighted by Gasteiger charge is -2.26. The Morgan fingerprint density at radius 1 is 1.41 bits per heavy atom. The van der Waals surface area contributed by atoms with Crippen molar-refractivity contribution in [1.29, 1.82) is 0 Å². The van der Waals surface area contributed by atoms with Gasteiger partial charge in [0.05, 0.1) is 5.69 Å². The summed E-state index contributed by atoms with van der Waals surface area (Å²) in [6, 6.07) is 4.28. The molecule has 0 saturated heterocycles. The zero-order chi connectivity index (χ0) is 13.0. The molecule has 0 aliphatic carbocycles. The van der Waals surface area contributed by atoms with Crippen LogP contribution in [0.3, 0.4) is 0 Å². The highest BCUT2D eigenvalue weighted by Gasteiger charge is 2.18. The number of carbonyl (C=O) groups excluding carboxylic acids is 1. The van der Waals surface area contributed by atoms with Gasteiger partial charge in [-0.05, 0) is 31.0 Å². The standard InChI is InChI=1S/C13H19FN2O/c1-4-10(5-2)16(3)13(17)9-6-7-11(14)12(15)8-9/h6-8,10H,4-5,15H2,1-3H3. The number of hydrogen-bond donors (Lipinski definition) is 1. The normalized spacial score (nSPS) is 10.6. The van der Waals surface area contributed by atoms with E-state index >= 15 is 0 Å². The number of hydrogen-bond acceptors (Lipinski definition) is 2. The third-order valence-corrected chi connectivity index (χ3v) is 3.05. The number of rotatable bonds is 4. The lowest BCUT2D eigenvalue weighted by atomic mass is 10.1. The number of anilines is 1. The van der Waals surface area contributed by atoms with Gasteiger partial charge in [-0.15, -0.1) is 0 Å². The second-order valence-electron chi connectivity index (χ2n) is 4.12. The molecule has 94 valence electrons. The van der Waals surface area contributed by atoms with E-state index in [0.29, 0.717) is 5.56 Å². The van der Waals surface area contributed by atoms with Gasteiger partial charge < -0.3 is 10.6 Å². The lowest BCUT2D eigenvalue weighted by Crippen LogP contribution is -2.36. The number of nitrogen functional groups attached to an aromatic ring is 1. The topological polar surface area (TPSA) is 46.3 Å². The number of nitrogens with zero attached hydrogens (tertiary/aromatic N) is 1. The van der Waals surface area contributed by atoms with Gasteiger partial charge in [0.2, 0.25) is 0 Å². The Bertz CT molecular complexity index is 402. The quantitative estimate of drug-likeness (QED) is 0.820. The van der Waals surface area contributed by atoms with Crippen LogP contribution in [0.5, 0.6) is 0 Å². The number of nitrogens with two attached hydrogens (primary N) is 1. The second kappa shape index (κ2) is 5.66. The summed E-state index contributed by atoms with van der Waals surface area (Å²) in [6.07, 6.45) is 1.80. The Balaban J connectivity index is 2.92. The van der Waals surface area contributed by atoms with Crippen LogP contribution in [-0.4, -0.2) is 23.9 Å². The number of halogens is 1. The molecule has 0 unspecified atom stereocenters. The van der Waals surface area contributed by atoms with E-state index < -0.39 is 5.82 Å². The molecule has 0 heterocycles. The van der Waals surface area contributed by atoms with E-state index in [1.165, 1.54) is 18.2 Å². The molecule has 2 N–H and O–H groups in total. The van der Waals surface area contributed by atoms with Gasteiger partial charge in [0.1, 0.15) is 5.82 Å². The number of benzene rings is 1. The van der Waals surface area contributed by atoms with Crippen LogP contribution in [0.4, 0.5) is 10.1 Å². The Morgan fingerprint density at radius 3 is 2.47 bits per heavy atom. The maximum atomic E-state index is 13.0. The first-order chi connectivity index (χ1) is 8.01. The SMILES string of the molecule is CCC(CC)N(C)C(=O)c1ccc(F)c(N)c1. The molecule has 0 aliphatic rings. The van der Waals surface area contributed by atoms with Crippen LogP contribution in [0, 0.1) is 5.82 Å². The minimum Gasteiger partial charge on any atom is -0.396 e. The molecule has 1 aromatic rings. The summed E-state index contributed by atoms with van der Waals surface area (Å²) in [6.45, 7) is 4.08. The summed E-state index contributed by atoms with van der Waals surface area (Å²) < 4.78 is 13.0. The third kappa shape index (κ3) is 2.96. The summed E-state index contributed by atoms with van der Waals surface area (Å²) in [5, 5.41) is 0. The van der Waals surface area contributed by atoms with Crippen molar-refractivity contribution in [3.05, 3.63) is 29.6 Å². The van der Waals surface area contributed by atoms with Crippen molar-refractivity contribution in [1.82, 2.24) is 4.90 Å². The highest BCUT2D eigenvalue weighted by Crippen LogP contribution is 2.16. The average molecular weight is 238 g/mol. The molecular formula is C13H19FN2O. The van der Waals surface area contributed by atoms with Gasteiger partial charge in [-0.3, -0.25) is 4.79 Å². The zero-order valence-corrected chi connectivity index (χ0v) is 10.5. The molecule has 0 radical (unpaired) electrons. The van der Waals surface area contributed by atoms with E-state index in [-0.39, 0.29) is 17.6 Å². The Kier molecular flexibility index (Phi) is 4.49. The molecule has 0 bridgehead atoms. The predicted octanol–water partition coefficient (Wildman–Crippen LogP) is 2.67. The zero-order valence-electron chi connectivity index (χ0n) is 10.5. The molecule has 0 saturated carbocycles. The molecule has 0 fully saturated rings. The van der Waals surface area contributed by atoms with Crippen LogP contribution in [-0.2, 0) is 0 Å². The maximum Gasteiger partial charge on any atom is 0.253 e. The van der Waals surface area contributed by atoms with E-state index in [0.717, 1.165) is 12.8 Å². The molecule has 17 heavy (non-hydrogen) atoms. The summed E-state index contributed by atoms with van der Waals surface area (Å²) in [5.41, 5.74) is 5.89. The minimum absolute atomic E-state index is 0.00815. The molecule has 1 aromatic carbocycles. The van der Waals surface area contributed by atoms with Crippen LogP contribution in [0.1, 0.15) is 37.0 Å². The van der Waals surface area contributed by atoms with Gasteiger partial charge in [0, 0.05) is 18.7 Å². The minimum atomic E-state index is -0.494. The van der Waals surface area contributed by atoms with Crippen molar-refractivity contribution in [3.8, 4) is 0 Å². The third-order valence-electron chi connectivity index (χ3n) is 3.05. The summed E-state index contributed by atoms with van der Waals surface area (Å²) >= 11 is 0. The first kappa shape index (κ1) is 13.5. The summed E-state index contributed by atoms with van der Waals surface area (Å²) in [4.78, 5) is 13.8. The Morgan fingerprint density at radius 2 is 2.00 bits per heavy atom. The summed E-state index contributed by atoms with van der Waals surface area (Å²) in [7, 11) is 1.76. The fourth-order valence-electron chi connectivity index (χ4n) is 1.88. The first-order valence-corrected chi connectivity index (χ1v) is 5.83. The first-order valence-electron chi connectivity index (χ1n) is 5.83. The van der Waals surface area contributed by atoms with Gasteiger partial charge in [0.15, 0.2) is 0 Å². The van der Waals surface area contributed by atoms with Crippen molar-refractivity contribution in [2.75, 3.05) is 12.8 Å². The van der Waals surface area contributed by atoms with Gasteiger partial charge in [-0.1, -0.05) is 13.8 Å². The van der Waals surface area contributed by atoms with Crippen molar-refractivity contribution in [2.45, 2.75) is 32.7 Å². The van der Waals surface area contributed by atoms with Gasteiger partial charge in [-0.2, -0.15) is 0 Å². The van der Waals surface area contributed by atoms with E-state index in [1.807, 2.05) is 13.8 Å². The van der Waals surface area contributed by atoms with Crippen LogP contribution in [0.15, 0.2) is 18.2 Å².